The maximum Gasteiger partial charge on any atom is 0.162 e. The van der Waals surface area contributed by atoms with Gasteiger partial charge in [-0.2, -0.15) is 0 Å². The van der Waals surface area contributed by atoms with Gasteiger partial charge in [-0.15, -0.1) is 0 Å². The molecule has 1 rings (SSSR count). The van der Waals surface area contributed by atoms with E-state index in [1.807, 2.05) is 6.08 Å². The summed E-state index contributed by atoms with van der Waals surface area (Å²) >= 11 is 12.1. The van der Waals surface area contributed by atoms with Crippen molar-refractivity contribution in [3.05, 3.63) is 22.1 Å². The highest BCUT2D eigenvalue weighted by molar-refractivity contribution is 6.32. The first-order valence-corrected chi connectivity index (χ1v) is 7.61. The van der Waals surface area contributed by atoms with Gasteiger partial charge in [0.05, 0.1) is 5.03 Å². The highest BCUT2D eigenvalue weighted by Crippen LogP contribution is 2.26. The number of rotatable bonds is 6. The molecule has 1 heterocycles. The lowest BCUT2D eigenvalue weighted by Gasteiger charge is -2.24. The maximum atomic E-state index is 6.12. The molecule has 0 amide bonds. The van der Waals surface area contributed by atoms with Gasteiger partial charge in [0.2, 0.25) is 0 Å². The van der Waals surface area contributed by atoms with E-state index in [4.69, 9.17) is 29.0 Å². The summed E-state index contributed by atoms with van der Waals surface area (Å²) < 4.78 is 0. The van der Waals surface area contributed by atoms with E-state index in [2.05, 4.69) is 18.8 Å². The molecule has 0 aromatic rings. The molecule has 0 saturated carbocycles. The van der Waals surface area contributed by atoms with E-state index >= 15 is 0 Å². The molecule has 0 aromatic carbocycles. The Bertz CT molecular complexity index is 395. The monoisotopic (exact) mass is 303 g/mol. The summed E-state index contributed by atoms with van der Waals surface area (Å²) in [6.45, 7) is 6.20. The van der Waals surface area contributed by atoms with Gasteiger partial charge in [-0.3, -0.25) is 0 Å². The molecule has 0 bridgehead atoms. The Morgan fingerprint density at radius 3 is 2.68 bits per heavy atom. The van der Waals surface area contributed by atoms with Crippen LogP contribution in [0.5, 0.6) is 0 Å². The van der Waals surface area contributed by atoms with E-state index in [-0.39, 0.29) is 0 Å². The van der Waals surface area contributed by atoms with E-state index in [1.165, 1.54) is 24.3 Å². The highest BCUT2D eigenvalue weighted by Gasteiger charge is 2.19. The predicted octanol–water partition coefficient (Wildman–Crippen LogP) is 4.73. The summed E-state index contributed by atoms with van der Waals surface area (Å²) in [6, 6.07) is 0. The minimum absolute atomic E-state index is 0.463. The first-order valence-electron chi connectivity index (χ1n) is 6.85. The molecular weight excluding hydrogens is 281 g/mol. The fourth-order valence-electron chi connectivity index (χ4n) is 2.12. The number of halogens is 2. The van der Waals surface area contributed by atoms with Gasteiger partial charge < -0.3 is 0 Å². The second kappa shape index (κ2) is 7.93. The zero-order chi connectivity index (χ0) is 14.4. The SMILES string of the molecule is CCCCC(CC)CC1=N/C(=C(/C)Cl)N(N)C(Cl)=C1. The van der Waals surface area contributed by atoms with Crippen LogP contribution in [0.15, 0.2) is 27.1 Å². The van der Waals surface area contributed by atoms with Crippen LogP contribution in [0.1, 0.15) is 52.9 Å². The Hall–Kier alpha value is -0.510. The largest absolute Gasteiger partial charge is 0.250 e. The van der Waals surface area contributed by atoms with Gasteiger partial charge in [0.15, 0.2) is 5.82 Å². The van der Waals surface area contributed by atoms with Gasteiger partial charge in [0.1, 0.15) is 5.16 Å². The van der Waals surface area contributed by atoms with Crippen molar-refractivity contribution in [3.8, 4) is 0 Å². The Balaban J connectivity index is 2.82. The molecular formula is C14H23Cl2N3. The Morgan fingerprint density at radius 2 is 2.16 bits per heavy atom. The summed E-state index contributed by atoms with van der Waals surface area (Å²) in [6.07, 6.45) is 7.61. The second-order valence-corrected chi connectivity index (χ2v) is 5.87. The zero-order valence-electron chi connectivity index (χ0n) is 11.9. The average molecular weight is 304 g/mol. The topological polar surface area (TPSA) is 41.6 Å². The molecule has 1 unspecified atom stereocenters. The molecule has 5 heteroatoms. The summed E-state index contributed by atoms with van der Waals surface area (Å²) in [5, 5.41) is 2.33. The smallest absolute Gasteiger partial charge is 0.162 e. The molecule has 1 aliphatic heterocycles. The Morgan fingerprint density at radius 1 is 1.47 bits per heavy atom. The Kier molecular flexibility index (Phi) is 6.90. The van der Waals surface area contributed by atoms with Crippen LogP contribution >= 0.6 is 23.2 Å². The molecule has 108 valence electrons. The van der Waals surface area contributed by atoms with Crippen molar-refractivity contribution in [2.75, 3.05) is 0 Å². The number of aliphatic imine (C=N–C) groups is 1. The van der Waals surface area contributed by atoms with Crippen LogP contribution in [0.25, 0.3) is 0 Å². The maximum absolute atomic E-state index is 6.12. The van der Waals surface area contributed by atoms with Crippen LogP contribution in [-0.4, -0.2) is 10.7 Å². The van der Waals surface area contributed by atoms with Gasteiger partial charge in [-0.25, -0.2) is 15.8 Å². The fraction of sp³-hybridized carbons (Fsp3) is 0.643. The Labute approximate surface area is 126 Å². The van der Waals surface area contributed by atoms with Crippen molar-refractivity contribution in [3.63, 3.8) is 0 Å². The molecule has 0 spiro atoms. The van der Waals surface area contributed by atoms with Crippen LogP contribution < -0.4 is 5.84 Å². The minimum Gasteiger partial charge on any atom is -0.250 e. The number of nitrogens with zero attached hydrogens (tertiary/aromatic N) is 2. The van der Waals surface area contributed by atoms with Crippen molar-refractivity contribution in [1.82, 2.24) is 5.01 Å². The van der Waals surface area contributed by atoms with Crippen molar-refractivity contribution in [1.29, 1.82) is 0 Å². The summed E-state index contributed by atoms with van der Waals surface area (Å²) in [4.78, 5) is 4.51. The van der Waals surface area contributed by atoms with E-state index in [9.17, 15) is 0 Å². The molecule has 2 N–H and O–H groups in total. The normalized spacial score (nSPS) is 20.0. The first kappa shape index (κ1) is 16.5. The van der Waals surface area contributed by atoms with Crippen LogP contribution in [0.2, 0.25) is 0 Å². The van der Waals surface area contributed by atoms with Gasteiger partial charge in [-0.1, -0.05) is 62.7 Å². The molecule has 0 radical (unpaired) electrons. The third-order valence-electron chi connectivity index (χ3n) is 3.34. The van der Waals surface area contributed by atoms with Gasteiger partial charge in [0, 0.05) is 5.71 Å². The number of unbranched alkanes of at least 4 members (excludes halogenated alkanes) is 1. The zero-order valence-corrected chi connectivity index (χ0v) is 13.4. The van der Waals surface area contributed by atoms with Crippen molar-refractivity contribution in [2.24, 2.45) is 16.8 Å². The highest BCUT2D eigenvalue weighted by atomic mass is 35.5. The number of allylic oxidation sites excluding steroid dienone is 2. The van der Waals surface area contributed by atoms with E-state index in [1.54, 1.807) is 6.92 Å². The van der Waals surface area contributed by atoms with Gasteiger partial charge in [-0.05, 0) is 25.3 Å². The number of nitrogens with two attached hydrogens (primary N) is 1. The quantitative estimate of drug-likeness (QED) is 0.569. The minimum atomic E-state index is 0.463. The number of hydrogen-bond acceptors (Lipinski definition) is 3. The first-order chi connectivity index (χ1) is 8.99. The second-order valence-electron chi connectivity index (χ2n) is 4.92. The molecule has 0 saturated heterocycles. The van der Waals surface area contributed by atoms with E-state index < -0.39 is 0 Å². The molecule has 19 heavy (non-hydrogen) atoms. The lowest BCUT2D eigenvalue weighted by atomic mass is 9.93. The lowest BCUT2D eigenvalue weighted by Crippen LogP contribution is -2.31. The van der Waals surface area contributed by atoms with E-state index in [0.717, 1.165) is 18.6 Å². The van der Waals surface area contributed by atoms with Gasteiger partial charge in [0.25, 0.3) is 0 Å². The van der Waals surface area contributed by atoms with Crippen molar-refractivity contribution < 1.29 is 0 Å². The van der Waals surface area contributed by atoms with Crippen molar-refractivity contribution >= 4 is 28.9 Å². The third kappa shape index (κ3) is 4.83. The molecule has 0 aromatic heterocycles. The molecule has 0 fully saturated rings. The van der Waals surface area contributed by atoms with Crippen molar-refractivity contribution in [2.45, 2.75) is 52.9 Å². The van der Waals surface area contributed by atoms with Crippen LogP contribution in [-0.2, 0) is 0 Å². The summed E-state index contributed by atoms with van der Waals surface area (Å²) in [5.41, 5.74) is 0.963. The number of hydrazine groups is 1. The fourth-order valence-corrected chi connectivity index (χ4v) is 2.46. The molecule has 1 aliphatic rings. The van der Waals surface area contributed by atoms with Crippen LogP contribution in [0.4, 0.5) is 0 Å². The predicted molar refractivity (Wildman–Crippen MR) is 83.9 cm³/mol. The average Bonchev–Trinajstić information content (AvgIpc) is 2.37. The molecule has 1 atom stereocenters. The van der Waals surface area contributed by atoms with Crippen LogP contribution in [0, 0.1) is 5.92 Å². The number of hydrogen-bond donors (Lipinski definition) is 1. The van der Waals surface area contributed by atoms with E-state index in [0.29, 0.717) is 21.9 Å². The lowest BCUT2D eigenvalue weighted by molar-refractivity contribution is 0.451. The van der Waals surface area contributed by atoms with Gasteiger partial charge >= 0.3 is 0 Å². The standard InChI is InChI=1S/C14H23Cl2N3/c1-4-6-7-11(5-2)8-12-9-13(16)19(17)14(18-12)10(3)15/h9,11H,4-8,17H2,1-3H3/b14-10+. The summed E-state index contributed by atoms with van der Waals surface area (Å²) in [7, 11) is 0. The molecule has 0 aliphatic carbocycles. The molecule has 3 nitrogen and oxygen atoms in total. The third-order valence-corrected chi connectivity index (χ3v) is 3.80. The summed E-state index contributed by atoms with van der Waals surface area (Å²) in [5.74, 6) is 6.99. The van der Waals surface area contributed by atoms with Crippen LogP contribution in [0.3, 0.4) is 0 Å².